The van der Waals surface area contributed by atoms with Gasteiger partial charge in [0.15, 0.2) is 11.6 Å². The van der Waals surface area contributed by atoms with E-state index in [4.69, 9.17) is 10.5 Å². The third-order valence-corrected chi connectivity index (χ3v) is 2.75. The van der Waals surface area contributed by atoms with E-state index in [0.717, 1.165) is 5.65 Å². The van der Waals surface area contributed by atoms with E-state index in [0.29, 0.717) is 11.4 Å². The van der Waals surface area contributed by atoms with Gasteiger partial charge >= 0.3 is 0 Å². The summed E-state index contributed by atoms with van der Waals surface area (Å²) >= 11 is 0. The second kappa shape index (κ2) is 4.61. The number of anilines is 1. The van der Waals surface area contributed by atoms with Crippen molar-refractivity contribution in [2.75, 3.05) is 5.73 Å². The normalized spacial score (nSPS) is 10.8. The number of nitrogens with two attached hydrogens (primary N) is 1. The summed E-state index contributed by atoms with van der Waals surface area (Å²) in [6.07, 6.45) is 3.65. The first-order chi connectivity index (χ1) is 9.22. The standard InChI is InChI=1S/C14H12FN3O/c15-12-3-1-2-4-13(12)19-9-11-8-18-6-5-10(16)7-14(18)17-11/h1-8H,9,16H2. The smallest absolute Gasteiger partial charge is 0.165 e. The maximum absolute atomic E-state index is 13.4. The minimum absolute atomic E-state index is 0.211. The Morgan fingerprint density at radius 3 is 2.95 bits per heavy atom. The average Bonchev–Trinajstić information content (AvgIpc) is 2.79. The highest BCUT2D eigenvalue weighted by molar-refractivity contribution is 5.52. The van der Waals surface area contributed by atoms with E-state index in [1.807, 2.05) is 16.8 Å². The summed E-state index contributed by atoms with van der Waals surface area (Å²) in [5, 5.41) is 0. The Kier molecular flexibility index (Phi) is 2.79. The van der Waals surface area contributed by atoms with Crippen molar-refractivity contribution < 1.29 is 9.13 Å². The van der Waals surface area contributed by atoms with Crippen molar-refractivity contribution >= 4 is 11.3 Å². The van der Waals surface area contributed by atoms with E-state index in [-0.39, 0.29) is 18.2 Å². The van der Waals surface area contributed by atoms with Gasteiger partial charge in [-0.3, -0.25) is 0 Å². The first-order valence-electron chi connectivity index (χ1n) is 5.83. The lowest BCUT2D eigenvalue weighted by molar-refractivity contribution is 0.286. The van der Waals surface area contributed by atoms with Crippen LogP contribution in [0.1, 0.15) is 5.69 Å². The number of nitrogens with zero attached hydrogens (tertiary/aromatic N) is 2. The number of aromatic nitrogens is 2. The second-order valence-corrected chi connectivity index (χ2v) is 4.18. The summed E-state index contributed by atoms with van der Waals surface area (Å²) in [6.45, 7) is 0.211. The van der Waals surface area contributed by atoms with Crippen LogP contribution in [0.15, 0.2) is 48.8 Å². The monoisotopic (exact) mass is 257 g/mol. The van der Waals surface area contributed by atoms with Crippen molar-refractivity contribution in [2.45, 2.75) is 6.61 Å². The minimum atomic E-state index is -0.379. The Morgan fingerprint density at radius 2 is 2.11 bits per heavy atom. The number of halogens is 1. The lowest BCUT2D eigenvalue weighted by Crippen LogP contribution is -1.97. The largest absolute Gasteiger partial charge is 0.484 e. The highest BCUT2D eigenvalue weighted by atomic mass is 19.1. The zero-order chi connectivity index (χ0) is 13.2. The third-order valence-electron chi connectivity index (χ3n) is 2.75. The molecule has 0 amide bonds. The van der Waals surface area contributed by atoms with Crippen LogP contribution in [0.25, 0.3) is 5.65 Å². The molecular weight excluding hydrogens is 245 g/mol. The summed E-state index contributed by atoms with van der Waals surface area (Å²) in [5.41, 5.74) is 7.80. The van der Waals surface area contributed by atoms with Crippen LogP contribution >= 0.6 is 0 Å². The number of rotatable bonds is 3. The van der Waals surface area contributed by atoms with E-state index in [2.05, 4.69) is 4.98 Å². The molecule has 5 heteroatoms. The minimum Gasteiger partial charge on any atom is -0.484 e. The molecule has 4 nitrogen and oxygen atoms in total. The fourth-order valence-corrected chi connectivity index (χ4v) is 1.83. The number of hydrogen-bond donors (Lipinski definition) is 1. The number of para-hydroxylation sites is 1. The number of fused-ring (bicyclic) bond motifs is 1. The molecule has 0 atom stereocenters. The molecule has 0 unspecified atom stereocenters. The molecule has 0 saturated heterocycles. The molecular formula is C14H12FN3O. The molecule has 2 aromatic heterocycles. The number of pyridine rings is 1. The van der Waals surface area contributed by atoms with Crippen LogP contribution in [0.2, 0.25) is 0 Å². The molecule has 0 bridgehead atoms. The van der Waals surface area contributed by atoms with Crippen molar-refractivity contribution in [1.82, 2.24) is 9.38 Å². The Labute approximate surface area is 109 Å². The molecule has 3 rings (SSSR count). The van der Waals surface area contributed by atoms with Gasteiger partial charge in [-0.25, -0.2) is 9.37 Å². The Morgan fingerprint density at radius 1 is 1.26 bits per heavy atom. The van der Waals surface area contributed by atoms with Gasteiger partial charge in [-0.2, -0.15) is 0 Å². The van der Waals surface area contributed by atoms with Gasteiger partial charge in [-0.1, -0.05) is 12.1 Å². The lowest BCUT2D eigenvalue weighted by Gasteiger charge is -2.04. The quantitative estimate of drug-likeness (QED) is 0.784. The van der Waals surface area contributed by atoms with E-state index in [9.17, 15) is 4.39 Å². The molecule has 3 aromatic rings. The van der Waals surface area contributed by atoms with E-state index >= 15 is 0 Å². The molecule has 2 N–H and O–H groups in total. The Balaban J connectivity index is 1.80. The fraction of sp³-hybridized carbons (Fsp3) is 0.0714. The molecule has 0 aliphatic carbocycles. The molecule has 0 radical (unpaired) electrons. The van der Waals surface area contributed by atoms with Crippen LogP contribution in [-0.4, -0.2) is 9.38 Å². The van der Waals surface area contributed by atoms with Gasteiger partial charge in [0.25, 0.3) is 0 Å². The highest BCUT2D eigenvalue weighted by Gasteiger charge is 2.05. The summed E-state index contributed by atoms with van der Waals surface area (Å²) in [5.74, 6) is -0.158. The van der Waals surface area contributed by atoms with Crippen molar-refractivity contribution in [1.29, 1.82) is 0 Å². The SMILES string of the molecule is Nc1ccn2cc(COc3ccccc3F)nc2c1. The van der Waals surface area contributed by atoms with E-state index < -0.39 is 0 Å². The molecule has 0 spiro atoms. The van der Waals surface area contributed by atoms with Crippen molar-refractivity contribution in [3.05, 3.63) is 60.3 Å². The van der Waals surface area contributed by atoms with Crippen LogP contribution in [0.3, 0.4) is 0 Å². The molecule has 1 aromatic carbocycles. The van der Waals surface area contributed by atoms with E-state index in [1.165, 1.54) is 6.07 Å². The summed E-state index contributed by atoms with van der Waals surface area (Å²) in [4.78, 5) is 4.35. The highest BCUT2D eigenvalue weighted by Crippen LogP contribution is 2.17. The van der Waals surface area contributed by atoms with Gasteiger partial charge in [0.1, 0.15) is 12.3 Å². The molecule has 19 heavy (non-hydrogen) atoms. The summed E-state index contributed by atoms with van der Waals surface area (Å²) in [7, 11) is 0. The summed E-state index contributed by atoms with van der Waals surface area (Å²) in [6, 6.07) is 9.85. The Hall–Kier alpha value is -2.56. The molecule has 0 aliphatic heterocycles. The van der Waals surface area contributed by atoms with Crippen molar-refractivity contribution in [3.8, 4) is 5.75 Å². The first kappa shape index (κ1) is 11.5. The van der Waals surface area contributed by atoms with Gasteiger partial charge in [-0.05, 0) is 18.2 Å². The maximum Gasteiger partial charge on any atom is 0.165 e. The van der Waals surface area contributed by atoms with Crippen LogP contribution < -0.4 is 10.5 Å². The van der Waals surface area contributed by atoms with Crippen LogP contribution in [0, 0.1) is 5.82 Å². The van der Waals surface area contributed by atoms with Crippen LogP contribution in [0.4, 0.5) is 10.1 Å². The van der Waals surface area contributed by atoms with E-state index in [1.54, 1.807) is 30.3 Å². The van der Waals surface area contributed by atoms with Crippen molar-refractivity contribution in [3.63, 3.8) is 0 Å². The third kappa shape index (κ3) is 2.35. The Bertz CT molecular complexity index is 724. The number of benzene rings is 1. The average molecular weight is 257 g/mol. The van der Waals surface area contributed by atoms with Gasteiger partial charge < -0.3 is 14.9 Å². The van der Waals surface area contributed by atoms with Gasteiger partial charge in [0.2, 0.25) is 0 Å². The maximum atomic E-state index is 13.4. The molecule has 2 heterocycles. The predicted octanol–water partition coefficient (Wildman–Crippen LogP) is 2.63. The zero-order valence-corrected chi connectivity index (χ0v) is 10.1. The first-order valence-corrected chi connectivity index (χ1v) is 5.83. The lowest BCUT2D eigenvalue weighted by atomic mass is 10.3. The predicted molar refractivity (Wildman–Crippen MR) is 70.3 cm³/mol. The second-order valence-electron chi connectivity index (χ2n) is 4.18. The molecule has 0 saturated carbocycles. The molecule has 0 fully saturated rings. The van der Waals surface area contributed by atoms with Crippen LogP contribution in [0.5, 0.6) is 5.75 Å². The fourth-order valence-electron chi connectivity index (χ4n) is 1.83. The summed E-state index contributed by atoms with van der Waals surface area (Å²) < 4.78 is 20.6. The van der Waals surface area contributed by atoms with Crippen molar-refractivity contribution in [2.24, 2.45) is 0 Å². The molecule has 0 aliphatic rings. The number of hydrogen-bond acceptors (Lipinski definition) is 3. The van der Waals surface area contributed by atoms with Gasteiger partial charge in [-0.15, -0.1) is 0 Å². The molecule has 96 valence electrons. The topological polar surface area (TPSA) is 52.5 Å². The van der Waals surface area contributed by atoms with Crippen LogP contribution in [-0.2, 0) is 6.61 Å². The number of nitrogen functional groups attached to an aromatic ring is 1. The zero-order valence-electron chi connectivity index (χ0n) is 10.1. The number of imidazole rings is 1. The van der Waals surface area contributed by atoms with Gasteiger partial charge in [0.05, 0.1) is 5.69 Å². The number of ether oxygens (including phenoxy) is 1. The van der Waals surface area contributed by atoms with Gasteiger partial charge in [0, 0.05) is 24.1 Å².